The predicted molar refractivity (Wildman–Crippen MR) is 122 cm³/mol. The number of aromatic nitrogens is 3. The molecule has 5 aromatic rings. The van der Waals surface area contributed by atoms with Crippen molar-refractivity contribution < 1.29 is 31.2 Å². The van der Waals surface area contributed by atoms with Crippen LogP contribution in [0.5, 0.6) is 0 Å². The molecule has 7 nitrogen and oxygen atoms in total. The maximum atomic E-state index is 14.2. The third kappa shape index (κ3) is 4.19. The van der Waals surface area contributed by atoms with Crippen molar-refractivity contribution in [2.45, 2.75) is 13.1 Å². The van der Waals surface area contributed by atoms with E-state index in [-0.39, 0.29) is 50.4 Å². The van der Waals surface area contributed by atoms with Crippen molar-refractivity contribution in [2.75, 3.05) is 10.6 Å². The van der Waals surface area contributed by atoms with Gasteiger partial charge in [-0.3, -0.25) is 4.79 Å². The number of hydrogen-bond donors (Lipinski definition) is 3. The van der Waals surface area contributed by atoms with Gasteiger partial charge in [0.1, 0.15) is 17.2 Å². The van der Waals surface area contributed by atoms with E-state index in [1.807, 2.05) is 0 Å². The van der Waals surface area contributed by atoms with Crippen molar-refractivity contribution in [3.8, 4) is 0 Å². The third-order valence-electron chi connectivity index (χ3n) is 5.21. The highest BCUT2D eigenvalue weighted by Gasteiger charge is 2.34. The summed E-state index contributed by atoms with van der Waals surface area (Å²) in [7, 11) is 0. The summed E-state index contributed by atoms with van der Waals surface area (Å²) >= 11 is 6.05. The van der Waals surface area contributed by atoms with Crippen LogP contribution in [0.2, 0.25) is 5.02 Å². The Kier molecular flexibility index (Phi) is 5.55. The molecule has 3 N–H and O–H groups in total. The molecule has 0 unspecified atom stereocenters. The molecule has 0 bridgehead atoms. The Labute approximate surface area is 203 Å². The van der Waals surface area contributed by atoms with Gasteiger partial charge in [0.05, 0.1) is 32.9 Å². The zero-order valence-electron chi connectivity index (χ0n) is 18.0. The van der Waals surface area contributed by atoms with E-state index in [1.54, 1.807) is 0 Å². The van der Waals surface area contributed by atoms with Crippen LogP contribution in [0.25, 0.3) is 22.1 Å². The van der Waals surface area contributed by atoms with Crippen molar-refractivity contribution in [1.29, 1.82) is 0 Å². The Morgan fingerprint density at radius 3 is 2.58 bits per heavy atom. The number of rotatable bonds is 4. The van der Waals surface area contributed by atoms with Gasteiger partial charge in [0.15, 0.2) is 11.5 Å². The Hall–Kier alpha value is -4.19. The number of oxazole rings is 1. The highest BCUT2D eigenvalue weighted by atomic mass is 35.5. The number of amides is 1. The first-order valence-corrected chi connectivity index (χ1v) is 10.6. The minimum Gasteiger partial charge on any atom is -0.440 e. The minimum atomic E-state index is -4.95. The highest BCUT2D eigenvalue weighted by Crippen LogP contribution is 2.34. The smallest absolute Gasteiger partial charge is 0.419 e. The Balaban J connectivity index is 1.55. The molecule has 0 aliphatic rings. The van der Waals surface area contributed by atoms with Gasteiger partial charge in [-0.2, -0.15) is 13.2 Å². The fourth-order valence-corrected chi connectivity index (χ4v) is 3.85. The molecular weight excluding hydrogens is 509 g/mol. The van der Waals surface area contributed by atoms with Crippen molar-refractivity contribution in [3.05, 3.63) is 76.1 Å². The lowest BCUT2D eigenvalue weighted by molar-refractivity contribution is -0.139. The topological polar surface area (TPSA) is 95.8 Å². The summed E-state index contributed by atoms with van der Waals surface area (Å²) in [6, 6.07) is 7.55. The van der Waals surface area contributed by atoms with Gasteiger partial charge >= 0.3 is 6.18 Å². The molecule has 2 heterocycles. The molecule has 0 aliphatic carbocycles. The number of aryl methyl sites for hydroxylation is 1. The van der Waals surface area contributed by atoms with E-state index in [9.17, 15) is 26.7 Å². The second-order valence-corrected chi connectivity index (χ2v) is 8.09. The summed E-state index contributed by atoms with van der Waals surface area (Å²) in [5, 5.41) is 5.16. The molecular formula is C23H13ClF5N5O2. The second kappa shape index (κ2) is 8.48. The fourth-order valence-electron chi connectivity index (χ4n) is 3.64. The number of H-pyrrole nitrogens is 1. The number of imidazole rings is 1. The van der Waals surface area contributed by atoms with Gasteiger partial charge in [-0.15, -0.1) is 0 Å². The molecule has 13 heteroatoms. The number of alkyl halides is 3. The van der Waals surface area contributed by atoms with Gasteiger partial charge < -0.3 is 20.0 Å². The van der Waals surface area contributed by atoms with E-state index < -0.39 is 29.3 Å². The Morgan fingerprint density at radius 2 is 1.86 bits per heavy atom. The normalized spacial score (nSPS) is 11.9. The van der Waals surface area contributed by atoms with Gasteiger partial charge in [-0.05, 0) is 36.4 Å². The fraction of sp³-hybridized carbons (Fsp3) is 0.0870. The van der Waals surface area contributed by atoms with Crippen LogP contribution in [-0.2, 0) is 6.18 Å². The van der Waals surface area contributed by atoms with Crippen LogP contribution in [0.15, 0.2) is 46.9 Å². The molecule has 0 aliphatic heterocycles. The van der Waals surface area contributed by atoms with Crippen LogP contribution < -0.4 is 10.6 Å². The molecule has 184 valence electrons. The summed E-state index contributed by atoms with van der Waals surface area (Å²) in [5.74, 6) is -2.64. The number of hydrogen-bond acceptors (Lipinski definition) is 5. The lowest BCUT2D eigenvalue weighted by atomic mass is 10.1. The molecule has 0 spiro atoms. The number of nitrogens with one attached hydrogen (secondary N) is 3. The van der Waals surface area contributed by atoms with Crippen LogP contribution >= 0.6 is 11.6 Å². The van der Waals surface area contributed by atoms with Crippen molar-refractivity contribution in [2.24, 2.45) is 0 Å². The number of fused-ring (bicyclic) bond motifs is 3. The third-order valence-corrected chi connectivity index (χ3v) is 5.52. The van der Waals surface area contributed by atoms with E-state index in [4.69, 9.17) is 16.0 Å². The molecule has 3 aromatic carbocycles. The minimum absolute atomic E-state index is 0.0273. The first kappa shape index (κ1) is 23.5. The van der Waals surface area contributed by atoms with Crippen LogP contribution in [0.4, 0.5) is 39.3 Å². The van der Waals surface area contributed by atoms with E-state index >= 15 is 0 Å². The van der Waals surface area contributed by atoms with Gasteiger partial charge in [0.25, 0.3) is 5.91 Å². The van der Waals surface area contributed by atoms with Crippen LogP contribution in [0, 0.1) is 18.6 Å². The number of para-hydroxylation sites is 1. The zero-order valence-corrected chi connectivity index (χ0v) is 18.8. The molecule has 36 heavy (non-hydrogen) atoms. The van der Waals surface area contributed by atoms with Gasteiger partial charge in [0, 0.05) is 12.6 Å². The zero-order chi connectivity index (χ0) is 25.8. The average molecular weight is 522 g/mol. The Morgan fingerprint density at radius 1 is 1.08 bits per heavy atom. The van der Waals surface area contributed by atoms with Gasteiger partial charge in [-0.1, -0.05) is 17.7 Å². The average Bonchev–Trinajstić information content (AvgIpc) is 3.38. The van der Waals surface area contributed by atoms with Crippen molar-refractivity contribution in [3.63, 3.8) is 0 Å². The maximum Gasteiger partial charge on any atom is 0.419 e. The lowest BCUT2D eigenvalue weighted by Crippen LogP contribution is -2.14. The van der Waals surface area contributed by atoms with Crippen LogP contribution in [-0.4, -0.2) is 20.9 Å². The molecule has 5 rings (SSSR count). The second-order valence-electron chi connectivity index (χ2n) is 7.68. The quantitative estimate of drug-likeness (QED) is 0.222. The van der Waals surface area contributed by atoms with Gasteiger partial charge in [-0.25, -0.2) is 18.7 Å². The van der Waals surface area contributed by atoms with Crippen molar-refractivity contribution >= 4 is 57.0 Å². The number of anilines is 3. The number of aromatic amines is 1. The highest BCUT2D eigenvalue weighted by molar-refractivity contribution is 6.33. The molecule has 2 aromatic heterocycles. The molecule has 0 atom stereocenters. The number of nitrogens with zero attached hydrogens (tertiary/aromatic N) is 2. The first-order valence-electron chi connectivity index (χ1n) is 10.2. The number of benzene rings is 3. The Bertz CT molecular complexity index is 1640. The molecule has 0 saturated heterocycles. The largest absolute Gasteiger partial charge is 0.440 e. The van der Waals surface area contributed by atoms with Crippen LogP contribution in [0.3, 0.4) is 0 Å². The molecule has 0 radical (unpaired) electrons. The molecule has 0 fully saturated rings. The monoisotopic (exact) mass is 521 g/mol. The number of halogens is 6. The predicted octanol–water partition coefficient (Wildman–Crippen LogP) is 6.96. The van der Waals surface area contributed by atoms with E-state index in [0.29, 0.717) is 17.6 Å². The van der Waals surface area contributed by atoms with Crippen molar-refractivity contribution in [1.82, 2.24) is 15.0 Å². The molecule has 0 saturated carbocycles. The first-order chi connectivity index (χ1) is 17.0. The summed E-state index contributed by atoms with van der Waals surface area (Å²) in [6.07, 6.45) is -4.95. The summed E-state index contributed by atoms with van der Waals surface area (Å²) in [6.45, 7) is 1.54. The van der Waals surface area contributed by atoms with E-state index in [0.717, 1.165) is 6.07 Å². The molecule has 1 amide bonds. The summed E-state index contributed by atoms with van der Waals surface area (Å²) in [5.41, 5.74) is -1.08. The number of carbonyl (C=O) groups is 1. The summed E-state index contributed by atoms with van der Waals surface area (Å²) in [4.78, 5) is 24.5. The van der Waals surface area contributed by atoms with E-state index in [1.165, 1.54) is 31.2 Å². The number of carbonyl (C=O) groups excluding carboxylic acids is 1. The SMILES string of the molecule is Cc1nc2c(o1)c(C(=O)Nc1ccc(F)c(C(F)(F)F)c1)cc1nc(Nc3c(F)cccc3Cl)[nH]c12. The van der Waals surface area contributed by atoms with Crippen LogP contribution in [0.1, 0.15) is 21.8 Å². The van der Waals surface area contributed by atoms with Gasteiger partial charge in [0.2, 0.25) is 5.95 Å². The standard InChI is InChI=1S/C23H13ClF5N5O2/c1-9-30-19-18-16(32-22(34-18)33-17-13(24)3-2-4-15(17)26)8-11(20(19)36-9)21(35)31-10-5-6-14(25)12(7-10)23(27,28)29/h2-8H,1H3,(H,31,35)(H2,32,33,34). The summed E-state index contributed by atoms with van der Waals surface area (Å²) < 4.78 is 72.5. The van der Waals surface area contributed by atoms with E-state index in [2.05, 4.69) is 25.6 Å². The maximum absolute atomic E-state index is 14.2. The lowest BCUT2D eigenvalue weighted by Gasteiger charge is -2.11.